The molecule has 0 aliphatic rings. The van der Waals surface area contributed by atoms with Crippen molar-refractivity contribution in [3.05, 3.63) is 64.9 Å². The predicted molar refractivity (Wildman–Crippen MR) is 105 cm³/mol. The Bertz CT molecular complexity index is 1010. The minimum atomic E-state index is -0.485. The van der Waals surface area contributed by atoms with Crippen molar-refractivity contribution >= 4 is 22.8 Å². The molecule has 0 atom stereocenters. The summed E-state index contributed by atoms with van der Waals surface area (Å²) in [6.45, 7) is 2.38. The standard InChI is InChI=1S/C22H23NO5/c1-4-14-5-7-17-16(13-28-20(17)10-14)11-21(24)23-12-15-6-8-19(26-2)18(9-15)22(25)27-3/h5-10,13H,4,11-12H2,1-3H3,(H,23,24). The number of methoxy groups -OCH3 is 2. The number of rotatable bonds is 7. The van der Waals surface area contributed by atoms with Gasteiger partial charge in [-0.1, -0.05) is 25.1 Å². The maximum Gasteiger partial charge on any atom is 0.341 e. The van der Waals surface area contributed by atoms with Gasteiger partial charge in [0.05, 0.1) is 26.9 Å². The van der Waals surface area contributed by atoms with Crippen LogP contribution in [0.2, 0.25) is 0 Å². The number of nitrogens with one attached hydrogen (secondary N) is 1. The molecule has 0 aliphatic heterocycles. The summed E-state index contributed by atoms with van der Waals surface area (Å²) in [6.07, 6.45) is 2.78. The first-order valence-electron chi connectivity index (χ1n) is 9.06. The highest BCUT2D eigenvalue weighted by atomic mass is 16.5. The van der Waals surface area contributed by atoms with Gasteiger partial charge >= 0.3 is 5.97 Å². The van der Waals surface area contributed by atoms with Gasteiger partial charge in [-0.05, 0) is 35.7 Å². The lowest BCUT2D eigenvalue weighted by atomic mass is 10.1. The van der Waals surface area contributed by atoms with E-state index >= 15 is 0 Å². The molecular formula is C22H23NO5. The number of furan rings is 1. The molecule has 0 saturated heterocycles. The van der Waals surface area contributed by atoms with Gasteiger partial charge in [-0.2, -0.15) is 0 Å². The van der Waals surface area contributed by atoms with Gasteiger partial charge in [-0.15, -0.1) is 0 Å². The van der Waals surface area contributed by atoms with Crippen molar-refractivity contribution in [1.82, 2.24) is 5.32 Å². The number of aryl methyl sites for hydroxylation is 1. The topological polar surface area (TPSA) is 77.8 Å². The zero-order valence-electron chi connectivity index (χ0n) is 16.2. The van der Waals surface area contributed by atoms with Gasteiger partial charge in [0.2, 0.25) is 5.91 Å². The van der Waals surface area contributed by atoms with E-state index < -0.39 is 5.97 Å². The smallest absolute Gasteiger partial charge is 0.341 e. The van der Waals surface area contributed by atoms with Crippen molar-refractivity contribution in [2.24, 2.45) is 0 Å². The molecule has 3 rings (SSSR count). The van der Waals surface area contributed by atoms with Gasteiger partial charge in [0.15, 0.2) is 0 Å². The molecule has 0 spiro atoms. The molecule has 6 heteroatoms. The second kappa shape index (κ2) is 8.61. The predicted octanol–water partition coefficient (Wildman–Crippen LogP) is 3.65. The number of fused-ring (bicyclic) bond motifs is 1. The van der Waals surface area contributed by atoms with Gasteiger partial charge in [0, 0.05) is 17.5 Å². The number of hydrogen-bond acceptors (Lipinski definition) is 5. The summed E-state index contributed by atoms with van der Waals surface area (Å²) in [5, 5.41) is 3.82. The molecule has 2 aromatic carbocycles. The van der Waals surface area contributed by atoms with Gasteiger partial charge in [0.1, 0.15) is 16.9 Å². The quantitative estimate of drug-likeness (QED) is 0.632. The lowest BCUT2D eigenvalue weighted by Crippen LogP contribution is -2.24. The van der Waals surface area contributed by atoms with Crippen LogP contribution in [0.1, 0.15) is 34.0 Å². The fourth-order valence-electron chi connectivity index (χ4n) is 3.06. The monoisotopic (exact) mass is 381 g/mol. The van der Waals surface area contributed by atoms with Crippen LogP contribution in [-0.2, 0) is 28.9 Å². The molecule has 0 unspecified atom stereocenters. The largest absolute Gasteiger partial charge is 0.496 e. The Morgan fingerprint density at radius 1 is 1.07 bits per heavy atom. The van der Waals surface area contributed by atoms with E-state index in [0.717, 1.165) is 28.5 Å². The Balaban J connectivity index is 1.67. The summed E-state index contributed by atoms with van der Waals surface area (Å²) < 4.78 is 15.5. The second-order valence-corrected chi connectivity index (χ2v) is 6.42. The summed E-state index contributed by atoms with van der Waals surface area (Å²) in [5.74, 6) is -0.183. The minimum Gasteiger partial charge on any atom is -0.496 e. The van der Waals surface area contributed by atoms with Gasteiger partial charge in [-0.3, -0.25) is 4.79 Å². The van der Waals surface area contributed by atoms with Crippen LogP contribution in [-0.4, -0.2) is 26.1 Å². The Morgan fingerprint density at radius 2 is 1.86 bits per heavy atom. The highest BCUT2D eigenvalue weighted by molar-refractivity contribution is 5.92. The van der Waals surface area contributed by atoms with E-state index in [1.165, 1.54) is 19.8 Å². The van der Waals surface area contributed by atoms with Crippen LogP contribution < -0.4 is 10.1 Å². The first-order chi connectivity index (χ1) is 13.5. The number of ether oxygens (including phenoxy) is 2. The third kappa shape index (κ3) is 4.17. The Morgan fingerprint density at radius 3 is 2.57 bits per heavy atom. The van der Waals surface area contributed by atoms with E-state index in [0.29, 0.717) is 17.9 Å². The van der Waals surface area contributed by atoms with Gasteiger partial charge in [0.25, 0.3) is 0 Å². The summed E-state index contributed by atoms with van der Waals surface area (Å²) >= 11 is 0. The number of hydrogen-bond donors (Lipinski definition) is 1. The van der Waals surface area contributed by atoms with E-state index in [-0.39, 0.29) is 12.3 Å². The number of carbonyl (C=O) groups excluding carboxylic acids is 2. The highest BCUT2D eigenvalue weighted by Crippen LogP contribution is 2.24. The second-order valence-electron chi connectivity index (χ2n) is 6.42. The Labute approximate surface area is 163 Å². The van der Waals surface area contributed by atoms with Crippen LogP contribution in [0, 0.1) is 0 Å². The molecule has 28 heavy (non-hydrogen) atoms. The van der Waals surface area contributed by atoms with Gasteiger partial charge < -0.3 is 19.2 Å². The van der Waals surface area contributed by atoms with E-state index in [1.807, 2.05) is 18.2 Å². The van der Waals surface area contributed by atoms with Crippen LogP contribution in [0.15, 0.2) is 47.1 Å². The van der Waals surface area contributed by atoms with Crippen molar-refractivity contribution in [3.8, 4) is 5.75 Å². The molecule has 0 bridgehead atoms. The number of esters is 1. The van der Waals surface area contributed by atoms with Crippen molar-refractivity contribution in [3.63, 3.8) is 0 Å². The third-order valence-electron chi connectivity index (χ3n) is 4.64. The van der Waals surface area contributed by atoms with Crippen LogP contribution in [0.25, 0.3) is 11.0 Å². The molecule has 1 aromatic heterocycles. The maximum absolute atomic E-state index is 12.4. The Hall–Kier alpha value is -3.28. The van der Waals surface area contributed by atoms with Gasteiger partial charge in [-0.25, -0.2) is 4.79 Å². The molecule has 0 fully saturated rings. The lowest BCUT2D eigenvalue weighted by Gasteiger charge is -2.10. The zero-order chi connectivity index (χ0) is 20.1. The molecule has 1 amide bonds. The number of amides is 1. The minimum absolute atomic E-state index is 0.127. The van der Waals surface area contributed by atoms with E-state index in [1.54, 1.807) is 24.5 Å². The fourth-order valence-corrected chi connectivity index (χ4v) is 3.06. The van der Waals surface area contributed by atoms with Crippen LogP contribution in [0.3, 0.4) is 0 Å². The summed E-state index contributed by atoms with van der Waals surface area (Å²) in [5.41, 5.74) is 3.93. The molecule has 3 aromatic rings. The number of carbonyl (C=O) groups is 2. The van der Waals surface area contributed by atoms with E-state index in [9.17, 15) is 9.59 Å². The van der Waals surface area contributed by atoms with Crippen LogP contribution in [0.4, 0.5) is 0 Å². The molecule has 0 radical (unpaired) electrons. The molecule has 0 saturated carbocycles. The molecule has 1 N–H and O–H groups in total. The first kappa shape index (κ1) is 19.5. The zero-order valence-corrected chi connectivity index (χ0v) is 16.2. The molecule has 146 valence electrons. The fraction of sp³-hybridized carbons (Fsp3) is 0.273. The average Bonchev–Trinajstić information content (AvgIpc) is 3.13. The van der Waals surface area contributed by atoms with Crippen LogP contribution in [0.5, 0.6) is 5.75 Å². The molecule has 1 heterocycles. The van der Waals surface area contributed by atoms with Crippen molar-refractivity contribution in [2.45, 2.75) is 26.3 Å². The van der Waals surface area contributed by atoms with Crippen molar-refractivity contribution in [2.75, 3.05) is 14.2 Å². The Kier molecular flexibility index (Phi) is 5.99. The summed E-state index contributed by atoms with van der Waals surface area (Å²) in [7, 11) is 2.80. The molecule has 6 nitrogen and oxygen atoms in total. The SMILES string of the molecule is CCc1ccc2c(CC(=O)NCc3ccc(OC)c(C(=O)OC)c3)coc2c1. The third-order valence-corrected chi connectivity index (χ3v) is 4.64. The maximum atomic E-state index is 12.4. The van der Waals surface area contributed by atoms with E-state index in [2.05, 4.69) is 12.2 Å². The van der Waals surface area contributed by atoms with Crippen LogP contribution >= 0.6 is 0 Å². The number of benzene rings is 2. The van der Waals surface area contributed by atoms with E-state index in [4.69, 9.17) is 13.9 Å². The highest BCUT2D eigenvalue weighted by Gasteiger charge is 2.14. The lowest BCUT2D eigenvalue weighted by molar-refractivity contribution is -0.120. The molecular weight excluding hydrogens is 358 g/mol. The average molecular weight is 381 g/mol. The van der Waals surface area contributed by atoms with Crippen molar-refractivity contribution < 1.29 is 23.5 Å². The first-order valence-corrected chi connectivity index (χ1v) is 9.06. The summed E-state index contributed by atoms with van der Waals surface area (Å²) in [6, 6.07) is 11.2. The van der Waals surface area contributed by atoms with Crippen molar-refractivity contribution in [1.29, 1.82) is 0 Å². The molecule has 0 aliphatic carbocycles. The normalized spacial score (nSPS) is 10.7. The summed E-state index contributed by atoms with van der Waals surface area (Å²) in [4.78, 5) is 24.2.